The molecule has 2 rings (SSSR count). The van der Waals surface area contributed by atoms with Crippen LogP contribution in [-0.4, -0.2) is 12.1 Å². The number of fused-ring (bicyclic) bond motifs is 1. The van der Waals surface area contributed by atoms with Crippen molar-refractivity contribution in [2.75, 3.05) is 0 Å². The summed E-state index contributed by atoms with van der Waals surface area (Å²) in [4.78, 5) is 11.5. The van der Waals surface area contributed by atoms with Gasteiger partial charge in [-0.2, -0.15) is 0 Å². The minimum absolute atomic E-state index is 0.0919. The van der Waals surface area contributed by atoms with E-state index in [-0.39, 0.29) is 17.7 Å². The molecule has 1 aromatic carbocycles. The lowest BCUT2D eigenvalue weighted by Gasteiger charge is -2.04. The molecule has 0 bridgehead atoms. The number of halogens is 1. The number of benzene rings is 1. The first-order valence-corrected chi connectivity index (χ1v) is 4.96. The summed E-state index contributed by atoms with van der Waals surface area (Å²) in [6.07, 6.45) is -0.211. The topological polar surface area (TPSA) is 39.4 Å². The maximum Gasteiger partial charge on any atom is 0.374 e. The normalized spacial score (nSPS) is 11.0. The molecule has 16 heavy (non-hydrogen) atoms. The van der Waals surface area contributed by atoms with Crippen LogP contribution >= 0.6 is 0 Å². The lowest BCUT2D eigenvalue weighted by molar-refractivity contribution is 0.0344. The predicted molar refractivity (Wildman–Crippen MR) is 56.7 cm³/mol. The highest BCUT2D eigenvalue weighted by Crippen LogP contribution is 2.21. The quantitative estimate of drug-likeness (QED) is 0.733. The minimum atomic E-state index is -0.536. The lowest BCUT2D eigenvalue weighted by Crippen LogP contribution is -2.10. The van der Waals surface area contributed by atoms with Crippen LogP contribution in [0.5, 0.6) is 0 Å². The Morgan fingerprint density at radius 3 is 2.81 bits per heavy atom. The summed E-state index contributed by atoms with van der Waals surface area (Å²) in [6, 6.07) is 5.55. The lowest BCUT2D eigenvalue weighted by atomic mass is 10.2. The Hall–Kier alpha value is -1.84. The summed E-state index contributed by atoms with van der Waals surface area (Å²) in [5.74, 6) is -0.807. The van der Waals surface area contributed by atoms with Gasteiger partial charge in [-0.05, 0) is 38.1 Å². The molecule has 2 aromatic rings. The highest BCUT2D eigenvalue weighted by atomic mass is 19.1. The Labute approximate surface area is 91.8 Å². The zero-order valence-corrected chi connectivity index (χ0v) is 8.99. The highest BCUT2D eigenvalue weighted by Gasteiger charge is 2.15. The largest absolute Gasteiger partial charge is 0.457 e. The van der Waals surface area contributed by atoms with Crippen molar-refractivity contribution in [2.45, 2.75) is 20.0 Å². The number of carbonyl (C=O) groups is 1. The molecule has 0 atom stereocenters. The molecule has 0 unspecified atom stereocenters. The van der Waals surface area contributed by atoms with Gasteiger partial charge in [0, 0.05) is 5.39 Å². The van der Waals surface area contributed by atoms with E-state index in [2.05, 4.69) is 0 Å². The van der Waals surface area contributed by atoms with Crippen molar-refractivity contribution in [2.24, 2.45) is 0 Å². The summed E-state index contributed by atoms with van der Waals surface area (Å²) in [5, 5.41) is 0.552. The Kier molecular flexibility index (Phi) is 2.64. The van der Waals surface area contributed by atoms with Gasteiger partial charge in [0.1, 0.15) is 11.4 Å². The van der Waals surface area contributed by atoms with Crippen molar-refractivity contribution in [1.29, 1.82) is 0 Å². The molecule has 0 N–H and O–H groups in total. The third-order valence-electron chi connectivity index (χ3n) is 2.02. The van der Waals surface area contributed by atoms with Gasteiger partial charge in [0.2, 0.25) is 5.76 Å². The fourth-order valence-corrected chi connectivity index (χ4v) is 1.39. The minimum Gasteiger partial charge on any atom is -0.457 e. The van der Waals surface area contributed by atoms with Gasteiger partial charge >= 0.3 is 5.97 Å². The monoisotopic (exact) mass is 222 g/mol. The molecule has 0 amide bonds. The van der Waals surface area contributed by atoms with Crippen LogP contribution in [0.2, 0.25) is 0 Å². The van der Waals surface area contributed by atoms with E-state index in [1.807, 2.05) is 0 Å². The van der Waals surface area contributed by atoms with E-state index in [1.165, 1.54) is 24.3 Å². The van der Waals surface area contributed by atoms with Gasteiger partial charge in [-0.3, -0.25) is 0 Å². The van der Waals surface area contributed by atoms with E-state index in [1.54, 1.807) is 13.8 Å². The number of rotatable bonds is 2. The molecule has 0 spiro atoms. The van der Waals surface area contributed by atoms with Crippen molar-refractivity contribution in [3.05, 3.63) is 35.8 Å². The van der Waals surface area contributed by atoms with E-state index < -0.39 is 5.97 Å². The molecule has 1 aromatic heterocycles. The van der Waals surface area contributed by atoms with Gasteiger partial charge in [-0.25, -0.2) is 9.18 Å². The Morgan fingerprint density at radius 2 is 2.12 bits per heavy atom. The van der Waals surface area contributed by atoms with Crippen LogP contribution in [0.15, 0.2) is 28.7 Å². The van der Waals surface area contributed by atoms with Crippen LogP contribution in [0, 0.1) is 5.82 Å². The molecular weight excluding hydrogens is 211 g/mol. The first-order chi connectivity index (χ1) is 7.56. The maximum absolute atomic E-state index is 12.9. The smallest absolute Gasteiger partial charge is 0.374 e. The van der Waals surface area contributed by atoms with Crippen LogP contribution in [0.3, 0.4) is 0 Å². The Balaban J connectivity index is 2.36. The third-order valence-corrected chi connectivity index (χ3v) is 2.02. The fourth-order valence-electron chi connectivity index (χ4n) is 1.39. The molecule has 1 heterocycles. The van der Waals surface area contributed by atoms with E-state index in [0.717, 1.165) is 0 Å². The molecular formula is C12H11FO3. The molecule has 84 valence electrons. The van der Waals surface area contributed by atoms with Gasteiger partial charge in [0.05, 0.1) is 6.10 Å². The molecule has 0 aliphatic heterocycles. The van der Waals surface area contributed by atoms with Crippen LogP contribution in [0.25, 0.3) is 11.0 Å². The zero-order chi connectivity index (χ0) is 11.7. The average molecular weight is 222 g/mol. The summed E-state index contributed by atoms with van der Waals surface area (Å²) < 4.78 is 23.1. The van der Waals surface area contributed by atoms with Crippen molar-refractivity contribution < 1.29 is 18.3 Å². The molecule has 0 saturated carbocycles. The average Bonchev–Trinajstić information content (AvgIpc) is 2.59. The standard InChI is InChI=1S/C12H11FO3/c1-7(2)15-12(14)11-6-8-5-9(13)3-4-10(8)16-11/h3-7H,1-2H3. The van der Waals surface area contributed by atoms with Crippen LogP contribution in [-0.2, 0) is 4.74 Å². The number of hydrogen-bond acceptors (Lipinski definition) is 3. The van der Waals surface area contributed by atoms with Gasteiger partial charge in [0.25, 0.3) is 0 Å². The van der Waals surface area contributed by atoms with Crippen LogP contribution in [0.1, 0.15) is 24.4 Å². The Bertz CT molecular complexity index is 528. The third kappa shape index (κ3) is 2.05. The van der Waals surface area contributed by atoms with E-state index >= 15 is 0 Å². The van der Waals surface area contributed by atoms with Crippen LogP contribution in [0.4, 0.5) is 4.39 Å². The fraction of sp³-hybridized carbons (Fsp3) is 0.250. The van der Waals surface area contributed by atoms with Gasteiger partial charge in [-0.1, -0.05) is 0 Å². The Morgan fingerprint density at radius 1 is 1.38 bits per heavy atom. The summed E-state index contributed by atoms with van der Waals surface area (Å²) in [7, 11) is 0. The molecule has 0 aliphatic rings. The predicted octanol–water partition coefficient (Wildman–Crippen LogP) is 3.14. The van der Waals surface area contributed by atoms with Crippen molar-refractivity contribution in [3.63, 3.8) is 0 Å². The van der Waals surface area contributed by atoms with Crippen molar-refractivity contribution in [1.82, 2.24) is 0 Å². The highest BCUT2D eigenvalue weighted by molar-refractivity contribution is 5.92. The molecule has 0 fully saturated rings. The molecule has 3 nitrogen and oxygen atoms in total. The summed E-state index contributed by atoms with van der Waals surface area (Å²) >= 11 is 0. The molecule has 0 saturated heterocycles. The second-order valence-electron chi connectivity index (χ2n) is 3.75. The summed E-state index contributed by atoms with van der Waals surface area (Å²) in [5.41, 5.74) is 0.470. The number of esters is 1. The number of carbonyl (C=O) groups excluding carboxylic acids is 1. The first kappa shape index (κ1) is 10.7. The number of furan rings is 1. The van der Waals surface area contributed by atoms with Crippen molar-refractivity contribution >= 4 is 16.9 Å². The van der Waals surface area contributed by atoms with Gasteiger partial charge < -0.3 is 9.15 Å². The summed E-state index contributed by atoms with van der Waals surface area (Å²) in [6.45, 7) is 3.50. The van der Waals surface area contributed by atoms with Gasteiger partial charge in [0.15, 0.2) is 0 Å². The SMILES string of the molecule is CC(C)OC(=O)c1cc2cc(F)ccc2o1. The molecule has 4 heteroatoms. The second-order valence-corrected chi connectivity index (χ2v) is 3.75. The van der Waals surface area contributed by atoms with E-state index in [9.17, 15) is 9.18 Å². The van der Waals surface area contributed by atoms with Gasteiger partial charge in [-0.15, -0.1) is 0 Å². The van der Waals surface area contributed by atoms with E-state index in [4.69, 9.17) is 9.15 Å². The zero-order valence-electron chi connectivity index (χ0n) is 8.99. The molecule has 0 radical (unpaired) electrons. The second kappa shape index (κ2) is 3.96. The maximum atomic E-state index is 12.9. The van der Waals surface area contributed by atoms with E-state index in [0.29, 0.717) is 11.0 Å². The first-order valence-electron chi connectivity index (χ1n) is 4.96. The van der Waals surface area contributed by atoms with Crippen molar-refractivity contribution in [3.8, 4) is 0 Å². The van der Waals surface area contributed by atoms with Crippen LogP contribution < -0.4 is 0 Å². The number of ether oxygens (including phenoxy) is 1. The number of hydrogen-bond donors (Lipinski definition) is 0. The molecule has 0 aliphatic carbocycles.